The van der Waals surface area contributed by atoms with E-state index in [2.05, 4.69) is 38.4 Å². The molecule has 6 nitrogen and oxygen atoms in total. The topological polar surface area (TPSA) is 62.2 Å². The molecule has 1 fully saturated rings. The van der Waals surface area contributed by atoms with Gasteiger partial charge in [0.05, 0.1) is 12.2 Å². The fourth-order valence-electron chi connectivity index (χ4n) is 2.47. The fraction of sp³-hybridized carbons (Fsp3) is 0.733. The fourth-order valence-corrected chi connectivity index (χ4v) is 3.44. The molecule has 0 spiro atoms. The van der Waals surface area contributed by atoms with Gasteiger partial charge in [-0.15, -0.1) is 0 Å². The number of hydrogen-bond donors (Lipinski definition) is 2. The monoisotopic (exact) mass is 325 g/mol. The lowest BCUT2D eigenvalue weighted by Crippen LogP contribution is -2.35. The maximum Gasteiger partial charge on any atom is 0.216 e. The molecule has 0 aliphatic carbocycles. The molecule has 1 saturated heterocycles. The average molecular weight is 325 g/mol. The van der Waals surface area contributed by atoms with Gasteiger partial charge in [0.25, 0.3) is 0 Å². The zero-order valence-electron chi connectivity index (χ0n) is 13.6. The van der Waals surface area contributed by atoms with Gasteiger partial charge in [0.2, 0.25) is 5.91 Å². The first kappa shape index (κ1) is 17.3. The van der Waals surface area contributed by atoms with Crippen LogP contribution in [0.25, 0.3) is 0 Å². The first-order valence-corrected chi connectivity index (χ1v) is 9.09. The summed E-state index contributed by atoms with van der Waals surface area (Å²) in [5, 5.41) is 10.7. The number of carbonyl (C=O) groups is 1. The van der Waals surface area contributed by atoms with Crippen molar-refractivity contribution in [3.8, 4) is 0 Å². The maximum atomic E-state index is 10.8. The predicted octanol–water partition coefficient (Wildman–Crippen LogP) is 0.466. The van der Waals surface area contributed by atoms with E-state index in [4.69, 9.17) is 0 Å². The lowest BCUT2D eigenvalue weighted by atomic mass is 10.2. The molecule has 2 heterocycles. The number of aromatic nitrogens is 2. The Bertz CT molecular complexity index is 470. The molecule has 0 bridgehead atoms. The van der Waals surface area contributed by atoms with Gasteiger partial charge in [-0.3, -0.25) is 14.4 Å². The Hall–Kier alpha value is -1.05. The van der Waals surface area contributed by atoms with Crippen molar-refractivity contribution in [2.24, 2.45) is 0 Å². The van der Waals surface area contributed by atoms with Crippen LogP contribution in [-0.4, -0.2) is 64.8 Å². The number of aryl methyl sites for hydroxylation is 1. The van der Waals surface area contributed by atoms with Crippen molar-refractivity contribution in [2.45, 2.75) is 26.9 Å². The number of hydrogen-bond acceptors (Lipinski definition) is 5. The van der Waals surface area contributed by atoms with E-state index in [0.29, 0.717) is 6.54 Å². The van der Waals surface area contributed by atoms with Crippen LogP contribution in [0.5, 0.6) is 0 Å². The highest BCUT2D eigenvalue weighted by atomic mass is 32.2. The van der Waals surface area contributed by atoms with Gasteiger partial charge in [-0.05, 0) is 6.92 Å². The van der Waals surface area contributed by atoms with Crippen LogP contribution in [0, 0.1) is 6.92 Å². The van der Waals surface area contributed by atoms with Crippen LogP contribution in [0.1, 0.15) is 18.2 Å². The van der Waals surface area contributed by atoms with E-state index in [1.807, 2.05) is 11.8 Å². The number of thioether (sulfide) groups is 1. The number of rotatable bonds is 8. The second-order valence-corrected chi connectivity index (χ2v) is 6.84. The van der Waals surface area contributed by atoms with Gasteiger partial charge in [0.15, 0.2) is 0 Å². The van der Waals surface area contributed by atoms with Crippen molar-refractivity contribution in [2.75, 3.05) is 44.2 Å². The minimum atomic E-state index is 0.0157. The summed E-state index contributed by atoms with van der Waals surface area (Å²) in [5.41, 5.74) is 2.32. The van der Waals surface area contributed by atoms with Crippen LogP contribution >= 0.6 is 11.8 Å². The van der Waals surface area contributed by atoms with Crippen molar-refractivity contribution in [3.05, 3.63) is 17.5 Å². The van der Waals surface area contributed by atoms with Crippen molar-refractivity contribution < 1.29 is 4.79 Å². The van der Waals surface area contributed by atoms with Gasteiger partial charge in [0.1, 0.15) is 0 Å². The molecule has 0 radical (unpaired) electrons. The Morgan fingerprint density at radius 2 is 2.09 bits per heavy atom. The van der Waals surface area contributed by atoms with Gasteiger partial charge in [-0.25, -0.2) is 0 Å². The van der Waals surface area contributed by atoms with Gasteiger partial charge in [-0.2, -0.15) is 16.9 Å². The first-order chi connectivity index (χ1) is 10.6. The molecule has 1 aromatic heterocycles. The van der Waals surface area contributed by atoms with Crippen LogP contribution in [-0.2, 0) is 17.9 Å². The highest BCUT2D eigenvalue weighted by molar-refractivity contribution is 7.99. The van der Waals surface area contributed by atoms with Crippen molar-refractivity contribution in [1.82, 2.24) is 25.3 Å². The zero-order valence-corrected chi connectivity index (χ0v) is 14.4. The Balaban J connectivity index is 1.69. The Labute approximate surface area is 137 Å². The molecule has 0 atom stereocenters. The van der Waals surface area contributed by atoms with E-state index in [0.717, 1.165) is 31.9 Å². The van der Waals surface area contributed by atoms with Crippen molar-refractivity contribution >= 4 is 17.7 Å². The summed E-state index contributed by atoms with van der Waals surface area (Å²) in [6, 6.07) is 0. The van der Waals surface area contributed by atoms with Crippen LogP contribution in [0.4, 0.5) is 0 Å². The molecule has 1 amide bonds. The van der Waals surface area contributed by atoms with E-state index in [-0.39, 0.29) is 5.91 Å². The standard InChI is InChI=1S/C15H27N5OS/c1-13-15(11-16-3-4-17-14(2)21)12-20(18-13)6-5-19-7-9-22-10-8-19/h12,16H,3-11H2,1-2H3,(H,17,21). The second-order valence-electron chi connectivity index (χ2n) is 5.62. The summed E-state index contributed by atoms with van der Waals surface area (Å²) in [7, 11) is 0. The minimum absolute atomic E-state index is 0.0157. The Morgan fingerprint density at radius 3 is 2.82 bits per heavy atom. The summed E-state index contributed by atoms with van der Waals surface area (Å²) >= 11 is 2.04. The number of amides is 1. The largest absolute Gasteiger partial charge is 0.355 e. The summed E-state index contributed by atoms with van der Waals surface area (Å²) in [5.74, 6) is 2.52. The Morgan fingerprint density at radius 1 is 1.32 bits per heavy atom. The van der Waals surface area contributed by atoms with E-state index >= 15 is 0 Å². The third kappa shape index (κ3) is 5.98. The van der Waals surface area contributed by atoms with Gasteiger partial charge in [-0.1, -0.05) is 0 Å². The molecule has 2 rings (SSSR count). The quantitative estimate of drug-likeness (QED) is 0.680. The molecule has 0 saturated carbocycles. The maximum absolute atomic E-state index is 10.8. The molecule has 2 N–H and O–H groups in total. The average Bonchev–Trinajstić information content (AvgIpc) is 2.86. The minimum Gasteiger partial charge on any atom is -0.355 e. The number of nitrogens with zero attached hydrogens (tertiary/aromatic N) is 3. The van der Waals surface area contributed by atoms with E-state index in [9.17, 15) is 4.79 Å². The normalized spacial score (nSPS) is 15.9. The van der Waals surface area contributed by atoms with Gasteiger partial charge in [0, 0.05) is 69.5 Å². The molecule has 124 valence electrons. The molecular weight excluding hydrogens is 298 g/mol. The molecule has 1 aliphatic heterocycles. The first-order valence-electron chi connectivity index (χ1n) is 7.93. The van der Waals surface area contributed by atoms with Gasteiger partial charge >= 0.3 is 0 Å². The van der Waals surface area contributed by atoms with Crippen molar-refractivity contribution in [1.29, 1.82) is 0 Å². The van der Waals surface area contributed by atoms with E-state index < -0.39 is 0 Å². The van der Waals surface area contributed by atoms with E-state index in [1.54, 1.807) is 0 Å². The molecule has 22 heavy (non-hydrogen) atoms. The van der Waals surface area contributed by atoms with Crippen LogP contribution < -0.4 is 10.6 Å². The molecule has 0 aromatic carbocycles. The number of carbonyl (C=O) groups excluding carboxylic acids is 1. The predicted molar refractivity (Wildman–Crippen MR) is 91.1 cm³/mol. The lowest BCUT2D eigenvalue weighted by molar-refractivity contribution is -0.118. The highest BCUT2D eigenvalue weighted by Gasteiger charge is 2.11. The summed E-state index contributed by atoms with van der Waals surface area (Å²) in [4.78, 5) is 13.3. The summed E-state index contributed by atoms with van der Waals surface area (Å²) < 4.78 is 2.06. The molecule has 0 unspecified atom stereocenters. The summed E-state index contributed by atoms with van der Waals surface area (Å²) in [6.07, 6.45) is 2.14. The smallest absolute Gasteiger partial charge is 0.216 e. The molecule has 1 aliphatic rings. The van der Waals surface area contributed by atoms with Crippen LogP contribution in [0.3, 0.4) is 0 Å². The molecule has 7 heteroatoms. The second kappa shape index (κ2) is 9.17. The molecular formula is C15H27N5OS. The van der Waals surface area contributed by atoms with Gasteiger partial charge < -0.3 is 10.6 Å². The van der Waals surface area contributed by atoms with Crippen LogP contribution in [0.2, 0.25) is 0 Å². The van der Waals surface area contributed by atoms with Crippen LogP contribution in [0.15, 0.2) is 6.20 Å². The SMILES string of the molecule is CC(=O)NCCNCc1cn(CCN2CCSCC2)nc1C. The van der Waals surface area contributed by atoms with Crippen molar-refractivity contribution in [3.63, 3.8) is 0 Å². The third-order valence-electron chi connectivity index (χ3n) is 3.79. The summed E-state index contributed by atoms with van der Waals surface area (Å²) in [6.45, 7) is 10.3. The third-order valence-corrected chi connectivity index (χ3v) is 4.73. The van der Waals surface area contributed by atoms with E-state index in [1.165, 1.54) is 37.1 Å². The zero-order chi connectivity index (χ0) is 15.8. The highest BCUT2D eigenvalue weighted by Crippen LogP contribution is 2.10. The number of nitrogens with one attached hydrogen (secondary N) is 2. The lowest BCUT2D eigenvalue weighted by Gasteiger charge is -2.25. The molecule has 1 aromatic rings. The Kier molecular flexibility index (Phi) is 7.21.